The van der Waals surface area contributed by atoms with E-state index in [0.717, 1.165) is 12.8 Å². The lowest BCUT2D eigenvalue weighted by molar-refractivity contribution is -0.401. The van der Waals surface area contributed by atoms with E-state index in [0.29, 0.717) is 0 Å². The first kappa shape index (κ1) is 39.0. The molecule has 0 unspecified atom stereocenters. The maximum absolute atomic E-state index is 2.37. The Morgan fingerprint density at radius 3 is 1.75 bits per heavy atom. The normalized spacial score (nSPS) is 18.6. The predicted octanol–water partition coefficient (Wildman–Crippen LogP) is 10.2. The monoisotopic (exact) mass is 842 g/mol. The zero-order chi connectivity index (χ0) is 38.2. The number of rotatable bonds is 8. The summed E-state index contributed by atoms with van der Waals surface area (Å²) >= 11 is 0. The molecule has 3 heteroatoms. The van der Waals surface area contributed by atoms with Gasteiger partial charge in [0.25, 0.3) is 0 Å². The Morgan fingerprint density at radius 1 is 0.554 bits per heavy atom. The molecule has 8 rings (SSSR count). The molecular weight excluding hydrogens is 792 g/mol. The third-order valence-corrected chi connectivity index (χ3v) is 12.0. The number of nitrogens with zero attached hydrogens (tertiary/aromatic N) is 2. The summed E-state index contributed by atoms with van der Waals surface area (Å²) in [4.78, 5) is 2.35. The highest BCUT2D eigenvalue weighted by atomic mass is 127. The van der Waals surface area contributed by atoms with Crippen molar-refractivity contribution in [2.45, 2.75) is 51.4 Å². The second kappa shape index (κ2) is 16.1. The summed E-state index contributed by atoms with van der Waals surface area (Å²) in [7, 11) is 4.39. The van der Waals surface area contributed by atoms with E-state index in [9.17, 15) is 0 Å². The van der Waals surface area contributed by atoms with Gasteiger partial charge in [0, 0.05) is 41.6 Å². The molecule has 0 amide bonds. The topological polar surface area (TPSA) is 6.25 Å². The van der Waals surface area contributed by atoms with Crippen LogP contribution in [0, 0.1) is 0 Å². The van der Waals surface area contributed by atoms with Crippen molar-refractivity contribution in [2.24, 2.45) is 0 Å². The van der Waals surface area contributed by atoms with Crippen LogP contribution in [0.25, 0.3) is 27.8 Å². The van der Waals surface area contributed by atoms with E-state index >= 15 is 0 Å². The van der Waals surface area contributed by atoms with Crippen molar-refractivity contribution in [3.05, 3.63) is 210 Å². The van der Waals surface area contributed by atoms with E-state index in [1.54, 1.807) is 0 Å². The minimum Gasteiger partial charge on any atom is -1.00 e. The summed E-state index contributed by atoms with van der Waals surface area (Å²) in [5.41, 5.74) is 18.1. The molecule has 0 saturated heterocycles. The molecule has 0 aromatic heterocycles. The van der Waals surface area contributed by atoms with Crippen molar-refractivity contribution in [3.8, 4) is 22.3 Å². The van der Waals surface area contributed by atoms with Crippen LogP contribution in [0.2, 0.25) is 0 Å². The molecule has 5 aromatic rings. The number of fused-ring (bicyclic) bond motifs is 2. The smallest absolute Gasteiger partial charge is 0.209 e. The van der Waals surface area contributed by atoms with Gasteiger partial charge in [-0.3, -0.25) is 0 Å². The van der Waals surface area contributed by atoms with Crippen LogP contribution < -0.4 is 28.9 Å². The molecule has 56 heavy (non-hydrogen) atoms. The van der Waals surface area contributed by atoms with Crippen LogP contribution in [0.3, 0.4) is 0 Å². The van der Waals surface area contributed by atoms with Gasteiger partial charge in [-0.25, -0.2) is 0 Å². The van der Waals surface area contributed by atoms with Gasteiger partial charge < -0.3 is 28.9 Å². The third kappa shape index (κ3) is 7.25. The molecule has 0 radical (unpaired) electrons. The highest BCUT2D eigenvalue weighted by molar-refractivity contribution is 6.03. The lowest BCUT2D eigenvalue weighted by Gasteiger charge is -2.23. The van der Waals surface area contributed by atoms with Crippen LogP contribution >= 0.6 is 0 Å². The zero-order valence-electron chi connectivity index (χ0n) is 33.4. The molecule has 2 nitrogen and oxygen atoms in total. The van der Waals surface area contributed by atoms with Gasteiger partial charge in [-0.15, -0.1) is 0 Å². The summed E-state index contributed by atoms with van der Waals surface area (Å²) in [5.74, 6) is 0. The molecular formula is C53H51IN2. The second-order valence-corrected chi connectivity index (χ2v) is 16.1. The standard InChI is InChI=1S/C53H51N2.HI/c1-52(2)45-36-43(38-20-10-7-11-21-38)32-34-47(45)54(5)49(52)28-18-16-26-41-30-31-42(51(41)40-24-14-9-15-25-40)27-17-19-29-50-53(3,4)46-37-44(33-35-48(46)55(50)6)39-22-12-8-13-23-39;/h7-29,32-37H,30-31H2,1-6H3;1H/q+1;/p-1. The van der Waals surface area contributed by atoms with Crippen LogP contribution in [0.5, 0.6) is 0 Å². The molecule has 280 valence electrons. The van der Waals surface area contributed by atoms with Crippen molar-refractivity contribution in [1.29, 1.82) is 0 Å². The first-order valence-corrected chi connectivity index (χ1v) is 19.6. The molecule has 0 saturated carbocycles. The Bertz CT molecular complexity index is 2470. The Balaban J connectivity index is 0.00000480. The second-order valence-electron chi connectivity index (χ2n) is 16.1. The van der Waals surface area contributed by atoms with Crippen LogP contribution in [-0.2, 0) is 10.8 Å². The van der Waals surface area contributed by atoms with Crippen molar-refractivity contribution in [1.82, 2.24) is 0 Å². The fraction of sp³-hybridized carbons (Fsp3) is 0.189. The number of allylic oxidation sites excluding steroid dienone is 12. The highest BCUT2D eigenvalue weighted by Gasteiger charge is 2.43. The zero-order valence-corrected chi connectivity index (χ0v) is 35.6. The number of halogens is 1. The molecule has 1 aliphatic carbocycles. The Kier molecular flexibility index (Phi) is 11.2. The van der Waals surface area contributed by atoms with Crippen molar-refractivity contribution < 1.29 is 28.6 Å². The molecule has 2 aliphatic heterocycles. The van der Waals surface area contributed by atoms with Gasteiger partial charge in [-0.1, -0.05) is 147 Å². The lowest BCUT2D eigenvalue weighted by Crippen LogP contribution is -3.00. The van der Waals surface area contributed by atoms with E-state index in [2.05, 4.69) is 227 Å². The van der Waals surface area contributed by atoms with Gasteiger partial charge in [-0.05, 0) is 107 Å². The van der Waals surface area contributed by atoms with E-state index in [1.165, 1.54) is 78.4 Å². The van der Waals surface area contributed by atoms with E-state index in [-0.39, 0.29) is 34.8 Å². The number of benzene rings is 5. The molecule has 2 heterocycles. The number of likely N-dealkylation sites (N-methyl/N-ethyl adjacent to an activating group) is 1. The van der Waals surface area contributed by atoms with Crippen molar-refractivity contribution >= 4 is 22.7 Å². The summed E-state index contributed by atoms with van der Waals surface area (Å²) in [5, 5.41) is 0. The maximum Gasteiger partial charge on any atom is 0.209 e. The molecule has 0 bridgehead atoms. The first-order chi connectivity index (χ1) is 26.6. The first-order valence-electron chi connectivity index (χ1n) is 19.6. The molecule has 3 aliphatic rings. The van der Waals surface area contributed by atoms with Crippen molar-refractivity contribution in [3.63, 3.8) is 0 Å². The van der Waals surface area contributed by atoms with Gasteiger partial charge in [0.05, 0.1) is 5.41 Å². The summed E-state index contributed by atoms with van der Waals surface area (Å²) in [6.45, 7) is 9.36. The van der Waals surface area contributed by atoms with E-state index in [1.807, 2.05) is 0 Å². The van der Waals surface area contributed by atoms with Crippen LogP contribution in [0.4, 0.5) is 11.4 Å². The molecule has 0 N–H and O–H groups in total. The van der Waals surface area contributed by atoms with Gasteiger partial charge >= 0.3 is 0 Å². The van der Waals surface area contributed by atoms with Gasteiger partial charge in [0.15, 0.2) is 5.71 Å². The van der Waals surface area contributed by atoms with E-state index < -0.39 is 0 Å². The van der Waals surface area contributed by atoms with Gasteiger partial charge in [0.1, 0.15) is 7.05 Å². The molecule has 0 spiro atoms. The average molecular weight is 843 g/mol. The SMILES string of the molecule is CN1\C(=C/C=C/C=C2\CCC(/C=C/C=C/C3=[N+](C)c4ccc(-c5ccccc5)cc4C3(C)C)=C2c2ccccc2)C(C)(C)c2cc(-c3ccccc3)ccc21.[I-]. The van der Waals surface area contributed by atoms with Crippen LogP contribution in [-0.4, -0.2) is 24.4 Å². The number of hydrogen-bond acceptors (Lipinski definition) is 1. The molecule has 0 fully saturated rings. The maximum atomic E-state index is 2.37. The molecule has 5 aromatic carbocycles. The fourth-order valence-electron chi connectivity index (χ4n) is 8.96. The van der Waals surface area contributed by atoms with Gasteiger partial charge in [0.2, 0.25) is 5.69 Å². The summed E-state index contributed by atoms with van der Waals surface area (Å²) < 4.78 is 2.35. The lowest BCUT2D eigenvalue weighted by atomic mass is 9.80. The minimum atomic E-state index is -0.102. The van der Waals surface area contributed by atoms with Crippen LogP contribution in [0.15, 0.2) is 193 Å². The third-order valence-electron chi connectivity index (χ3n) is 12.0. The predicted molar refractivity (Wildman–Crippen MR) is 235 cm³/mol. The van der Waals surface area contributed by atoms with Gasteiger partial charge in [-0.2, -0.15) is 4.58 Å². The summed E-state index contributed by atoms with van der Waals surface area (Å²) in [6.07, 6.45) is 20.2. The largest absolute Gasteiger partial charge is 1.00 e. The number of anilines is 1. The Labute approximate surface area is 351 Å². The van der Waals surface area contributed by atoms with Crippen molar-refractivity contribution in [2.75, 3.05) is 19.0 Å². The summed E-state index contributed by atoms with van der Waals surface area (Å²) in [6, 6.07) is 46.0. The quantitative estimate of drug-likeness (QED) is 0.0857. The van der Waals surface area contributed by atoms with E-state index in [4.69, 9.17) is 0 Å². The average Bonchev–Trinajstić information content (AvgIpc) is 3.77. The highest BCUT2D eigenvalue weighted by Crippen LogP contribution is 2.48. The fourth-order valence-corrected chi connectivity index (χ4v) is 8.96. The Hall–Kier alpha value is -5.26. The Morgan fingerprint density at radius 2 is 1.11 bits per heavy atom. The van der Waals surface area contributed by atoms with Crippen LogP contribution in [0.1, 0.15) is 57.2 Å². The molecule has 0 atom stereocenters. The minimum absolute atomic E-state index is 0. The number of hydrogen-bond donors (Lipinski definition) is 0.